The third kappa shape index (κ3) is 3.45. The largest absolute Gasteiger partial charge is 0.491 e. The van der Waals surface area contributed by atoms with Gasteiger partial charge in [-0.25, -0.2) is 0 Å². The van der Waals surface area contributed by atoms with Crippen LogP contribution in [-0.2, 0) is 9.47 Å². The average Bonchev–Trinajstić information content (AvgIpc) is 2.54. The Morgan fingerprint density at radius 2 is 1.88 bits per heavy atom. The van der Waals surface area contributed by atoms with Crippen LogP contribution >= 0.6 is 0 Å². The SMILES string of the molecule is Cc1cc(C)cc(OC[C@H]2COC(C)(C)O2)c1. The molecule has 1 aromatic rings. The molecule has 3 nitrogen and oxygen atoms in total. The van der Waals surface area contributed by atoms with Crippen LogP contribution in [0.1, 0.15) is 25.0 Å². The van der Waals surface area contributed by atoms with Crippen molar-refractivity contribution in [1.29, 1.82) is 0 Å². The van der Waals surface area contributed by atoms with Crippen LogP contribution in [0, 0.1) is 13.8 Å². The lowest BCUT2D eigenvalue weighted by molar-refractivity contribution is -0.141. The molecule has 0 aliphatic carbocycles. The van der Waals surface area contributed by atoms with Gasteiger partial charge in [0.2, 0.25) is 0 Å². The standard InChI is InChI=1S/C14H20O3/c1-10-5-11(2)7-12(6-10)15-8-13-9-16-14(3,4)17-13/h5-7,13H,8-9H2,1-4H3/t13-/m0/s1. The van der Waals surface area contributed by atoms with Crippen LogP contribution in [0.5, 0.6) is 5.75 Å². The highest BCUT2D eigenvalue weighted by Gasteiger charge is 2.32. The third-order valence-corrected chi connectivity index (χ3v) is 2.70. The summed E-state index contributed by atoms with van der Waals surface area (Å²) in [5.41, 5.74) is 2.42. The summed E-state index contributed by atoms with van der Waals surface area (Å²) in [4.78, 5) is 0. The van der Waals surface area contributed by atoms with Crippen molar-refractivity contribution in [3.05, 3.63) is 29.3 Å². The predicted octanol–water partition coefficient (Wildman–Crippen LogP) is 2.83. The molecule has 94 valence electrons. The van der Waals surface area contributed by atoms with Crippen molar-refractivity contribution in [1.82, 2.24) is 0 Å². The summed E-state index contributed by atoms with van der Waals surface area (Å²) in [6.45, 7) is 9.11. The molecule has 1 heterocycles. The van der Waals surface area contributed by atoms with E-state index < -0.39 is 5.79 Å². The Hall–Kier alpha value is -1.06. The maximum absolute atomic E-state index is 5.74. The monoisotopic (exact) mass is 236 g/mol. The van der Waals surface area contributed by atoms with E-state index in [1.165, 1.54) is 11.1 Å². The molecule has 1 saturated heterocycles. The van der Waals surface area contributed by atoms with Crippen molar-refractivity contribution in [2.45, 2.75) is 39.6 Å². The number of aryl methyl sites for hydroxylation is 2. The minimum atomic E-state index is -0.476. The van der Waals surface area contributed by atoms with Crippen LogP contribution in [0.15, 0.2) is 18.2 Å². The van der Waals surface area contributed by atoms with Gasteiger partial charge in [-0.2, -0.15) is 0 Å². The maximum Gasteiger partial charge on any atom is 0.163 e. The highest BCUT2D eigenvalue weighted by Crippen LogP contribution is 2.23. The number of hydrogen-bond acceptors (Lipinski definition) is 3. The van der Waals surface area contributed by atoms with E-state index in [2.05, 4.69) is 19.9 Å². The lowest BCUT2D eigenvalue weighted by atomic mass is 10.1. The molecule has 0 radical (unpaired) electrons. The van der Waals surface area contributed by atoms with E-state index in [-0.39, 0.29) is 6.10 Å². The number of rotatable bonds is 3. The Kier molecular flexibility index (Phi) is 3.40. The summed E-state index contributed by atoms with van der Waals surface area (Å²) < 4.78 is 16.9. The van der Waals surface area contributed by atoms with E-state index in [1.807, 2.05) is 26.0 Å². The van der Waals surface area contributed by atoms with Crippen molar-refractivity contribution < 1.29 is 14.2 Å². The molecule has 0 saturated carbocycles. The second-order valence-electron chi connectivity index (χ2n) is 5.09. The summed E-state index contributed by atoms with van der Waals surface area (Å²) >= 11 is 0. The molecular formula is C14H20O3. The molecule has 0 amide bonds. The molecule has 2 rings (SSSR count). The highest BCUT2D eigenvalue weighted by molar-refractivity contribution is 5.32. The van der Waals surface area contributed by atoms with Gasteiger partial charge in [-0.05, 0) is 51.0 Å². The predicted molar refractivity (Wildman–Crippen MR) is 66.3 cm³/mol. The molecule has 1 atom stereocenters. The molecule has 0 aromatic heterocycles. The van der Waals surface area contributed by atoms with Crippen molar-refractivity contribution in [3.63, 3.8) is 0 Å². The van der Waals surface area contributed by atoms with E-state index >= 15 is 0 Å². The first-order valence-electron chi connectivity index (χ1n) is 5.97. The highest BCUT2D eigenvalue weighted by atomic mass is 16.7. The zero-order chi connectivity index (χ0) is 12.5. The van der Waals surface area contributed by atoms with E-state index in [0.717, 1.165) is 5.75 Å². The molecule has 1 fully saturated rings. The van der Waals surface area contributed by atoms with Gasteiger partial charge in [0.1, 0.15) is 18.5 Å². The van der Waals surface area contributed by atoms with E-state index in [9.17, 15) is 0 Å². The van der Waals surface area contributed by atoms with Crippen LogP contribution in [-0.4, -0.2) is 25.1 Å². The lowest BCUT2D eigenvalue weighted by Crippen LogP contribution is -2.25. The fourth-order valence-electron chi connectivity index (χ4n) is 2.05. The van der Waals surface area contributed by atoms with Crippen LogP contribution in [0.2, 0.25) is 0 Å². The van der Waals surface area contributed by atoms with Crippen molar-refractivity contribution in [2.24, 2.45) is 0 Å². The fraction of sp³-hybridized carbons (Fsp3) is 0.571. The lowest BCUT2D eigenvalue weighted by Gasteiger charge is -2.17. The normalized spacial score (nSPS) is 22.7. The first kappa shape index (κ1) is 12.4. The van der Waals surface area contributed by atoms with Gasteiger partial charge in [0.25, 0.3) is 0 Å². The van der Waals surface area contributed by atoms with Crippen LogP contribution in [0.4, 0.5) is 0 Å². The summed E-state index contributed by atoms with van der Waals surface area (Å²) in [5, 5.41) is 0. The summed E-state index contributed by atoms with van der Waals surface area (Å²) in [5.74, 6) is 0.423. The second-order valence-corrected chi connectivity index (χ2v) is 5.09. The van der Waals surface area contributed by atoms with Gasteiger partial charge < -0.3 is 14.2 Å². The molecule has 1 aliphatic heterocycles. The topological polar surface area (TPSA) is 27.7 Å². The Balaban J connectivity index is 1.90. The Labute approximate surface area is 103 Å². The van der Waals surface area contributed by atoms with Gasteiger partial charge in [0.15, 0.2) is 5.79 Å². The van der Waals surface area contributed by atoms with E-state index in [1.54, 1.807) is 0 Å². The second kappa shape index (κ2) is 4.67. The van der Waals surface area contributed by atoms with E-state index in [4.69, 9.17) is 14.2 Å². The minimum Gasteiger partial charge on any atom is -0.491 e. The number of benzene rings is 1. The minimum absolute atomic E-state index is 0.0193. The van der Waals surface area contributed by atoms with Gasteiger partial charge in [-0.1, -0.05) is 6.07 Å². The Morgan fingerprint density at radius 3 is 2.41 bits per heavy atom. The van der Waals surface area contributed by atoms with Crippen LogP contribution in [0.25, 0.3) is 0 Å². The number of hydrogen-bond donors (Lipinski definition) is 0. The van der Waals surface area contributed by atoms with Gasteiger partial charge in [-0.3, -0.25) is 0 Å². The first-order valence-corrected chi connectivity index (χ1v) is 5.97. The first-order chi connectivity index (χ1) is 7.94. The molecule has 0 N–H and O–H groups in total. The zero-order valence-corrected chi connectivity index (χ0v) is 10.9. The van der Waals surface area contributed by atoms with Gasteiger partial charge in [-0.15, -0.1) is 0 Å². The molecule has 0 unspecified atom stereocenters. The smallest absolute Gasteiger partial charge is 0.163 e. The van der Waals surface area contributed by atoms with Crippen molar-refractivity contribution in [3.8, 4) is 5.75 Å². The molecule has 3 heteroatoms. The average molecular weight is 236 g/mol. The summed E-state index contributed by atoms with van der Waals surface area (Å²) in [6, 6.07) is 6.20. The van der Waals surface area contributed by atoms with Crippen LogP contribution < -0.4 is 4.74 Å². The molecule has 0 bridgehead atoms. The maximum atomic E-state index is 5.74. The zero-order valence-electron chi connectivity index (χ0n) is 10.9. The molecule has 1 aromatic carbocycles. The van der Waals surface area contributed by atoms with Crippen molar-refractivity contribution >= 4 is 0 Å². The fourth-order valence-corrected chi connectivity index (χ4v) is 2.05. The van der Waals surface area contributed by atoms with Gasteiger partial charge in [0, 0.05) is 0 Å². The third-order valence-electron chi connectivity index (χ3n) is 2.70. The van der Waals surface area contributed by atoms with E-state index in [0.29, 0.717) is 13.2 Å². The van der Waals surface area contributed by atoms with Gasteiger partial charge in [0.05, 0.1) is 6.61 Å². The summed E-state index contributed by atoms with van der Waals surface area (Å²) in [6.07, 6.45) is 0.0193. The van der Waals surface area contributed by atoms with Crippen LogP contribution in [0.3, 0.4) is 0 Å². The van der Waals surface area contributed by atoms with Gasteiger partial charge >= 0.3 is 0 Å². The molecular weight excluding hydrogens is 216 g/mol. The molecule has 17 heavy (non-hydrogen) atoms. The molecule has 1 aliphatic rings. The van der Waals surface area contributed by atoms with Crippen molar-refractivity contribution in [2.75, 3.05) is 13.2 Å². The Morgan fingerprint density at radius 1 is 1.24 bits per heavy atom. The number of ether oxygens (including phenoxy) is 3. The molecule has 0 spiro atoms. The quantitative estimate of drug-likeness (QED) is 0.807. The Bertz CT molecular complexity index is 378. The summed E-state index contributed by atoms with van der Waals surface area (Å²) in [7, 11) is 0.